The van der Waals surface area contributed by atoms with Crippen LogP contribution in [0.2, 0.25) is 0 Å². The SMILES string of the molecule is CCOC(=O)c1c(NC(=O)C(C)n2cc(C)cn2)sc(C(N)=O)c1C. The van der Waals surface area contributed by atoms with E-state index in [1.807, 2.05) is 6.92 Å². The van der Waals surface area contributed by atoms with E-state index in [1.165, 1.54) is 4.68 Å². The Labute approximate surface area is 149 Å². The minimum atomic E-state index is -0.663. The molecule has 134 valence electrons. The lowest BCUT2D eigenvalue weighted by molar-refractivity contribution is -0.119. The van der Waals surface area contributed by atoms with Gasteiger partial charge in [0, 0.05) is 6.20 Å². The molecule has 0 aliphatic carbocycles. The van der Waals surface area contributed by atoms with E-state index in [0.717, 1.165) is 16.9 Å². The first-order chi connectivity index (χ1) is 11.8. The summed E-state index contributed by atoms with van der Waals surface area (Å²) in [5.41, 5.74) is 6.82. The van der Waals surface area contributed by atoms with Gasteiger partial charge in [-0.2, -0.15) is 5.10 Å². The number of anilines is 1. The highest BCUT2D eigenvalue weighted by molar-refractivity contribution is 7.18. The van der Waals surface area contributed by atoms with Crippen molar-refractivity contribution >= 4 is 34.1 Å². The highest BCUT2D eigenvalue weighted by Crippen LogP contribution is 2.34. The molecule has 0 radical (unpaired) electrons. The Bertz CT molecular complexity index is 824. The fraction of sp³-hybridized carbons (Fsp3) is 0.375. The van der Waals surface area contributed by atoms with E-state index < -0.39 is 17.9 Å². The molecule has 0 fully saturated rings. The molecular formula is C16H20N4O4S. The Morgan fingerprint density at radius 3 is 2.60 bits per heavy atom. The Hall–Kier alpha value is -2.68. The lowest BCUT2D eigenvalue weighted by Gasteiger charge is -2.13. The molecule has 0 saturated carbocycles. The van der Waals surface area contributed by atoms with E-state index in [0.29, 0.717) is 5.56 Å². The standard InChI is InChI=1S/C16H20N4O4S/c1-5-24-16(23)11-9(3)12(13(17)21)25-15(11)19-14(22)10(4)20-7-8(2)6-18-20/h6-7,10H,5H2,1-4H3,(H2,17,21)(H,19,22). The fourth-order valence-electron chi connectivity index (χ4n) is 2.27. The van der Waals surface area contributed by atoms with Crippen molar-refractivity contribution in [2.45, 2.75) is 33.7 Å². The number of esters is 1. The van der Waals surface area contributed by atoms with Crippen LogP contribution >= 0.6 is 11.3 Å². The Morgan fingerprint density at radius 2 is 2.08 bits per heavy atom. The highest BCUT2D eigenvalue weighted by Gasteiger charge is 2.27. The second kappa shape index (κ2) is 7.47. The van der Waals surface area contributed by atoms with Crippen molar-refractivity contribution in [2.75, 3.05) is 11.9 Å². The van der Waals surface area contributed by atoms with Crippen LogP contribution in [-0.4, -0.2) is 34.2 Å². The van der Waals surface area contributed by atoms with Gasteiger partial charge in [-0.3, -0.25) is 14.3 Å². The second-order valence-corrected chi connectivity index (χ2v) is 6.53. The zero-order valence-corrected chi connectivity index (χ0v) is 15.3. The maximum Gasteiger partial charge on any atom is 0.341 e. The first kappa shape index (κ1) is 18.7. The van der Waals surface area contributed by atoms with Gasteiger partial charge in [-0.05, 0) is 38.8 Å². The van der Waals surface area contributed by atoms with Crippen molar-refractivity contribution in [3.63, 3.8) is 0 Å². The van der Waals surface area contributed by atoms with Gasteiger partial charge < -0.3 is 15.8 Å². The zero-order chi connectivity index (χ0) is 18.7. The number of rotatable bonds is 6. The van der Waals surface area contributed by atoms with Crippen molar-refractivity contribution in [1.29, 1.82) is 0 Å². The van der Waals surface area contributed by atoms with Crippen molar-refractivity contribution in [3.8, 4) is 0 Å². The van der Waals surface area contributed by atoms with Crippen molar-refractivity contribution < 1.29 is 19.1 Å². The quantitative estimate of drug-likeness (QED) is 0.761. The number of aryl methyl sites for hydroxylation is 1. The summed E-state index contributed by atoms with van der Waals surface area (Å²) >= 11 is 0.958. The normalized spacial score (nSPS) is 11.8. The van der Waals surface area contributed by atoms with Crippen LogP contribution in [0.1, 0.15) is 51.0 Å². The topological polar surface area (TPSA) is 116 Å². The van der Waals surface area contributed by atoms with E-state index in [9.17, 15) is 14.4 Å². The molecule has 2 heterocycles. The summed E-state index contributed by atoms with van der Waals surface area (Å²) in [5.74, 6) is -1.64. The molecule has 3 N–H and O–H groups in total. The minimum Gasteiger partial charge on any atom is -0.462 e. The third-order valence-corrected chi connectivity index (χ3v) is 4.82. The molecule has 0 spiro atoms. The summed E-state index contributed by atoms with van der Waals surface area (Å²) in [4.78, 5) is 36.5. The predicted molar refractivity (Wildman–Crippen MR) is 93.8 cm³/mol. The number of hydrogen-bond acceptors (Lipinski definition) is 6. The van der Waals surface area contributed by atoms with Gasteiger partial charge in [-0.25, -0.2) is 4.79 Å². The molecule has 0 bridgehead atoms. The van der Waals surface area contributed by atoms with E-state index >= 15 is 0 Å². The number of nitrogens with two attached hydrogens (primary N) is 1. The summed E-state index contributed by atoms with van der Waals surface area (Å²) in [5, 5.41) is 7.03. The summed E-state index contributed by atoms with van der Waals surface area (Å²) < 4.78 is 6.54. The van der Waals surface area contributed by atoms with E-state index in [4.69, 9.17) is 10.5 Å². The number of carbonyl (C=O) groups is 3. The maximum atomic E-state index is 12.5. The number of amides is 2. The number of thiophene rings is 1. The van der Waals surface area contributed by atoms with Crippen LogP contribution in [0.4, 0.5) is 5.00 Å². The molecule has 9 heteroatoms. The number of nitrogens with one attached hydrogen (secondary N) is 1. The van der Waals surface area contributed by atoms with Crippen LogP contribution in [0.15, 0.2) is 12.4 Å². The zero-order valence-electron chi connectivity index (χ0n) is 14.5. The molecule has 0 aliphatic rings. The average Bonchev–Trinajstić information content (AvgIpc) is 3.10. The second-order valence-electron chi connectivity index (χ2n) is 5.51. The number of primary amides is 1. The van der Waals surface area contributed by atoms with E-state index in [-0.39, 0.29) is 28.0 Å². The molecule has 1 atom stereocenters. The molecule has 2 amide bonds. The van der Waals surface area contributed by atoms with Gasteiger partial charge >= 0.3 is 5.97 Å². The van der Waals surface area contributed by atoms with Gasteiger partial charge in [0.05, 0.1) is 23.2 Å². The number of nitrogens with zero attached hydrogens (tertiary/aromatic N) is 2. The van der Waals surface area contributed by atoms with Crippen molar-refractivity contribution in [1.82, 2.24) is 9.78 Å². The number of ether oxygens (including phenoxy) is 1. The van der Waals surface area contributed by atoms with Crippen LogP contribution in [0.25, 0.3) is 0 Å². The van der Waals surface area contributed by atoms with Gasteiger partial charge in [-0.15, -0.1) is 11.3 Å². The Morgan fingerprint density at radius 1 is 1.40 bits per heavy atom. The average molecular weight is 364 g/mol. The smallest absolute Gasteiger partial charge is 0.341 e. The molecule has 0 aromatic carbocycles. The van der Waals surface area contributed by atoms with Gasteiger partial charge in [0.1, 0.15) is 11.0 Å². The molecule has 0 saturated heterocycles. The summed E-state index contributed by atoms with van der Waals surface area (Å²) in [6, 6.07) is -0.594. The molecule has 1 unspecified atom stereocenters. The third-order valence-electron chi connectivity index (χ3n) is 3.59. The van der Waals surface area contributed by atoms with Crippen LogP contribution in [-0.2, 0) is 9.53 Å². The van der Waals surface area contributed by atoms with E-state index in [2.05, 4.69) is 10.4 Å². The minimum absolute atomic E-state index is 0.151. The Balaban J connectivity index is 2.34. The molecule has 2 aromatic rings. The van der Waals surface area contributed by atoms with Crippen molar-refractivity contribution in [3.05, 3.63) is 34.0 Å². The van der Waals surface area contributed by atoms with Gasteiger partial charge in [0.2, 0.25) is 5.91 Å². The first-order valence-electron chi connectivity index (χ1n) is 7.68. The summed E-state index contributed by atoms with van der Waals surface area (Å²) in [6.07, 6.45) is 3.39. The van der Waals surface area contributed by atoms with Gasteiger partial charge in [0.15, 0.2) is 0 Å². The highest BCUT2D eigenvalue weighted by atomic mass is 32.1. The third kappa shape index (κ3) is 3.87. The predicted octanol–water partition coefficient (Wildman–Crippen LogP) is 2.04. The van der Waals surface area contributed by atoms with Crippen molar-refractivity contribution in [2.24, 2.45) is 5.73 Å². The number of hydrogen-bond donors (Lipinski definition) is 2. The molecule has 8 nitrogen and oxygen atoms in total. The monoisotopic (exact) mass is 364 g/mol. The molecule has 2 aromatic heterocycles. The Kier molecular flexibility index (Phi) is 5.58. The molecular weight excluding hydrogens is 344 g/mol. The van der Waals surface area contributed by atoms with Crippen LogP contribution in [0.5, 0.6) is 0 Å². The van der Waals surface area contributed by atoms with E-state index in [1.54, 1.807) is 33.2 Å². The van der Waals surface area contributed by atoms with Crippen LogP contribution in [0.3, 0.4) is 0 Å². The molecule has 2 rings (SSSR count). The van der Waals surface area contributed by atoms with Crippen LogP contribution in [0, 0.1) is 13.8 Å². The lowest BCUT2D eigenvalue weighted by atomic mass is 10.1. The van der Waals surface area contributed by atoms with Gasteiger partial charge in [0.25, 0.3) is 5.91 Å². The summed E-state index contributed by atoms with van der Waals surface area (Å²) in [7, 11) is 0. The largest absolute Gasteiger partial charge is 0.462 e. The fourth-order valence-corrected chi connectivity index (χ4v) is 3.32. The summed E-state index contributed by atoms with van der Waals surface area (Å²) in [6.45, 7) is 7.00. The molecule has 0 aliphatic heterocycles. The van der Waals surface area contributed by atoms with Crippen LogP contribution < -0.4 is 11.1 Å². The lowest BCUT2D eigenvalue weighted by Crippen LogP contribution is -2.24. The van der Waals surface area contributed by atoms with Gasteiger partial charge in [-0.1, -0.05) is 0 Å². The molecule has 25 heavy (non-hydrogen) atoms. The first-order valence-corrected chi connectivity index (χ1v) is 8.49. The number of aromatic nitrogens is 2. The number of carbonyl (C=O) groups excluding carboxylic acids is 3. The maximum absolute atomic E-state index is 12.5.